The molecule has 0 aliphatic heterocycles. The second-order valence-corrected chi connectivity index (χ2v) is 9.12. The second-order valence-electron chi connectivity index (χ2n) is 9.12. The summed E-state index contributed by atoms with van der Waals surface area (Å²) in [6, 6.07) is 11.4. The zero-order valence-electron chi connectivity index (χ0n) is 21.5. The summed E-state index contributed by atoms with van der Waals surface area (Å²) in [5.74, 6) is -1.47. The maximum atomic E-state index is 14.4. The minimum Gasteiger partial charge on any atom is -0.491 e. The molecular weight excluding hydrogens is 443 g/mol. The number of carbonyl (C=O) groups excluding carboxylic acids is 2. The van der Waals surface area contributed by atoms with Crippen LogP contribution in [0.1, 0.15) is 111 Å². The standard InChI is InChI=1S/C30H41FO4/c1-3-5-7-9-11-13-21-34-29-20-19-26(22-27(29)31)28(32)23-35-30(33)25-17-15-24(16-18-25)14-12-10-8-6-4-2/h15-20,22H,3-14,21,23H2,1-2H3. The van der Waals surface area contributed by atoms with Crippen LogP contribution in [0.4, 0.5) is 4.39 Å². The molecule has 2 aromatic rings. The largest absolute Gasteiger partial charge is 0.491 e. The number of aryl methyl sites for hydroxylation is 1. The summed E-state index contributed by atoms with van der Waals surface area (Å²) < 4.78 is 25.0. The summed E-state index contributed by atoms with van der Waals surface area (Å²) >= 11 is 0. The van der Waals surface area contributed by atoms with Crippen LogP contribution in [0.25, 0.3) is 0 Å². The Kier molecular flexibility index (Phi) is 13.7. The number of halogens is 1. The van der Waals surface area contributed by atoms with Gasteiger partial charge >= 0.3 is 5.97 Å². The van der Waals surface area contributed by atoms with Crippen LogP contribution in [0, 0.1) is 5.82 Å². The van der Waals surface area contributed by atoms with E-state index < -0.39 is 24.2 Å². The van der Waals surface area contributed by atoms with Crippen LogP contribution in [0.5, 0.6) is 5.75 Å². The normalized spacial score (nSPS) is 10.8. The molecule has 0 saturated heterocycles. The molecule has 0 unspecified atom stereocenters. The molecule has 0 heterocycles. The van der Waals surface area contributed by atoms with E-state index >= 15 is 0 Å². The predicted octanol–water partition coefficient (Wildman–Crippen LogP) is 8.12. The first-order valence-corrected chi connectivity index (χ1v) is 13.3. The Hall–Kier alpha value is -2.69. The van der Waals surface area contributed by atoms with Crippen molar-refractivity contribution < 1.29 is 23.5 Å². The lowest BCUT2D eigenvalue weighted by Crippen LogP contribution is -2.14. The van der Waals surface area contributed by atoms with Crippen LogP contribution < -0.4 is 4.74 Å². The summed E-state index contributed by atoms with van der Waals surface area (Å²) in [7, 11) is 0. The summed E-state index contributed by atoms with van der Waals surface area (Å²) in [4.78, 5) is 24.7. The molecule has 192 valence electrons. The maximum Gasteiger partial charge on any atom is 0.338 e. The van der Waals surface area contributed by atoms with Crippen molar-refractivity contribution in [1.29, 1.82) is 0 Å². The van der Waals surface area contributed by atoms with Gasteiger partial charge in [0.1, 0.15) is 0 Å². The van der Waals surface area contributed by atoms with Gasteiger partial charge in [-0.15, -0.1) is 0 Å². The summed E-state index contributed by atoms with van der Waals surface area (Å²) in [6.07, 6.45) is 13.9. The first kappa shape index (κ1) is 28.5. The fourth-order valence-electron chi connectivity index (χ4n) is 3.89. The third-order valence-electron chi connectivity index (χ3n) is 6.10. The summed E-state index contributed by atoms with van der Waals surface area (Å²) in [5, 5.41) is 0. The molecule has 0 spiro atoms. The Bertz CT molecular complexity index is 892. The van der Waals surface area contributed by atoms with E-state index in [1.807, 2.05) is 12.1 Å². The van der Waals surface area contributed by atoms with Crippen molar-refractivity contribution in [3.05, 3.63) is 65.0 Å². The van der Waals surface area contributed by atoms with Crippen molar-refractivity contribution in [2.75, 3.05) is 13.2 Å². The van der Waals surface area contributed by atoms with Crippen LogP contribution in [0.3, 0.4) is 0 Å². The average molecular weight is 485 g/mol. The van der Waals surface area contributed by atoms with E-state index in [0.717, 1.165) is 38.2 Å². The van der Waals surface area contributed by atoms with Crippen LogP contribution in [0.2, 0.25) is 0 Å². The topological polar surface area (TPSA) is 52.6 Å². The SMILES string of the molecule is CCCCCCCCOc1ccc(C(=O)COC(=O)c2ccc(CCCCCCC)cc2)cc1F. The van der Waals surface area contributed by atoms with E-state index in [4.69, 9.17) is 9.47 Å². The van der Waals surface area contributed by atoms with E-state index in [9.17, 15) is 14.0 Å². The lowest BCUT2D eigenvalue weighted by molar-refractivity contribution is 0.0474. The molecule has 5 heteroatoms. The first-order chi connectivity index (χ1) is 17.0. The molecule has 0 bridgehead atoms. The lowest BCUT2D eigenvalue weighted by Gasteiger charge is -2.09. The number of esters is 1. The second kappa shape index (κ2) is 16.9. The third-order valence-corrected chi connectivity index (χ3v) is 6.10. The third kappa shape index (κ3) is 11.1. The van der Waals surface area contributed by atoms with Gasteiger partial charge in [0.2, 0.25) is 0 Å². The van der Waals surface area contributed by atoms with Gasteiger partial charge in [0, 0.05) is 5.56 Å². The highest BCUT2D eigenvalue weighted by atomic mass is 19.1. The zero-order chi connectivity index (χ0) is 25.3. The molecule has 0 aromatic heterocycles. The molecule has 35 heavy (non-hydrogen) atoms. The van der Waals surface area contributed by atoms with E-state index in [-0.39, 0.29) is 11.3 Å². The molecule has 0 atom stereocenters. The smallest absolute Gasteiger partial charge is 0.338 e. The zero-order valence-corrected chi connectivity index (χ0v) is 21.5. The molecule has 2 rings (SSSR count). The summed E-state index contributed by atoms with van der Waals surface area (Å²) in [6.45, 7) is 4.40. The number of hydrogen-bond donors (Lipinski definition) is 0. The van der Waals surface area contributed by atoms with Gasteiger partial charge in [-0.3, -0.25) is 4.79 Å². The number of rotatable bonds is 18. The van der Waals surface area contributed by atoms with Crippen molar-refractivity contribution in [3.63, 3.8) is 0 Å². The molecule has 2 aromatic carbocycles. The van der Waals surface area contributed by atoms with Gasteiger partial charge in [-0.25, -0.2) is 9.18 Å². The predicted molar refractivity (Wildman–Crippen MR) is 139 cm³/mol. The Morgan fingerprint density at radius 1 is 0.743 bits per heavy atom. The molecule has 0 saturated carbocycles. The molecule has 0 N–H and O–H groups in total. The lowest BCUT2D eigenvalue weighted by atomic mass is 10.0. The van der Waals surface area contributed by atoms with Crippen LogP contribution in [-0.4, -0.2) is 25.0 Å². The fourth-order valence-corrected chi connectivity index (χ4v) is 3.89. The number of carbonyl (C=O) groups is 2. The van der Waals surface area contributed by atoms with Gasteiger partial charge < -0.3 is 9.47 Å². The van der Waals surface area contributed by atoms with Gasteiger partial charge in [0.15, 0.2) is 24.0 Å². The van der Waals surface area contributed by atoms with Crippen molar-refractivity contribution in [3.8, 4) is 5.75 Å². The number of unbranched alkanes of at least 4 members (excludes halogenated alkanes) is 9. The Morgan fingerprint density at radius 2 is 1.34 bits per heavy atom. The number of ketones is 1. The molecule has 0 amide bonds. The number of benzene rings is 2. The quantitative estimate of drug-likeness (QED) is 0.122. The van der Waals surface area contributed by atoms with Crippen LogP contribution >= 0.6 is 0 Å². The highest BCUT2D eigenvalue weighted by Crippen LogP contribution is 2.20. The van der Waals surface area contributed by atoms with Gasteiger partial charge in [-0.1, -0.05) is 83.8 Å². The summed E-state index contributed by atoms with van der Waals surface area (Å²) in [5.41, 5.74) is 1.74. The van der Waals surface area contributed by atoms with Crippen molar-refractivity contribution in [2.24, 2.45) is 0 Å². The van der Waals surface area contributed by atoms with Gasteiger partial charge in [0.25, 0.3) is 0 Å². The van der Waals surface area contributed by atoms with Crippen molar-refractivity contribution in [2.45, 2.75) is 90.9 Å². The van der Waals surface area contributed by atoms with Crippen LogP contribution in [0.15, 0.2) is 42.5 Å². The maximum absolute atomic E-state index is 14.4. The Morgan fingerprint density at radius 3 is 2.00 bits per heavy atom. The van der Waals surface area contributed by atoms with Crippen molar-refractivity contribution >= 4 is 11.8 Å². The van der Waals surface area contributed by atoms with E-state index in [1.54, 1.807) is 12.1 Å². The van der Waals surface area contributed by atoms with Crippen molar-refractivity contribution in [1.82, 2.24) is 0 Å². The highest BCUT2D eigenvalue weighted by molar-refractivity contribution is 5.99. The first-order valence-electron chi connectivity index (χ1n) is 13.3. The molecular formula is C30H41FO4. The highest BCUT2D eigenvalue weighted by Gasteiger charge is 2.14. The number of hydrogen-bond acceptors (Lipinski definition) is 4. The Balaban J connectivity index is 1.73. The average Bonchev–Trinajstić information content (AvgIpc) is 2.87. The Labute approximate surface area is 210 Å². The minimum absolute atomic E-state index is 0.137. The van der Waals surface area contributed by atoms with Crippen LogP contribution in [-0.2, 0) is 11.2 Å². The molecule has 0 aliphatic rings. The number of Topliss-reactive ketones (excluding diaryl/α,β-unsaturated/α-hetero) is 1. The molecule has 4 nitrogen and oxygen atoms in total. The van der Waals surface area contributed by atoms with Gasteiger partial charge in [-0.05, 0) is 55.2 Å². The number of ether oxygens (including phenoxy) is 2. The van der Waals surface area contributed by atoms with Gasteiger partial charge in [0.05, 0.1) is 12.2 Å². The fraction of sp³-hybridized carbons (Fsp3) is 0.533. The molecule has 0 aliphatic carbocycles. The monoisotopic (exact) mass is 484 g/mol. The van der Waals surface area contributed by atoms with E-state index in [2.05, 4.69) is 13.8 Å². The molecule has 0 radical (unpaired) electrons. The van der Waals surface area contributed by atoms with Gasteiger partial charge in [-0.2, -0.15) is 0 Å². The minimum atomic E-state index is -0.585. The molecule has 0 fully saturated rings. The van der Waals surface area contributed by atoms with E-state index in [1.165, 1.54) is 62.6 Å². The van der Waals surface area contributed by atoms with E-state index in [0.29, 0.717) is 12.2 Å².